The van der Waals surface area contributed by atoms with E-state index in [1.54, 1.807) is 22.9 Å². The van der Waals surface area contributed by atoms with E-state index in [-0.39, 0.29) is 5.56 Å². The Balaban J connectivity index is 2.84. The van der Waals surface area contributed by atoms with Gasteiger partial charge in [0.1, 0.15) is 10.2 Å². The van der Waals surface area contributed by atoms with E-state index in [9.17, 15) is 4.79 Å². The number of nitrogens with zero attached hydrogens (tertiary/aromatic N) is 2. The third-order valence-corrected chi connectivity index (χ3v) is 2.31. The minimum Gasteiger partial charge on any atom is -0.478 e. The highest BCUT2D eigenvalue weighted by Gasteiger charge is 2.10. The smallest absolute Gasteiger partial charge is 0.339 e. The lowest BCUT2D eigenvalue weighted by atomic mass is 10.3. The van der Waals surface area contributed by atoms with Gasteiger partial charge in [0.15, 0.2) is 5.65 Å². The molecule has 0 saturated heterocycles. The van der Waals surface area contributed by atoms with E-state index in [2.05, 4.69) is 20.9 Å². The van der Waals surface area contributed by atoms with E-state index in [1.165, 1.54) is 6.07 Å². The molecule has 0 spiro atoms. The molecule has 2 aromatic rings. The lowest BCUT2D eigenvalue weighted by Gasteiger charge is -1.97. The van der Waals surface area contributed by atoms with Crippen molar-refractivity contribution in [3.8, 4) is 0 Å². The standard InChI is InChI=1S/C8H5BrN2O2/c9-6-4-10-7-5(8(12)13)2-1-3-11(6)7/h1-4H,(H,12,13). The topological polar surface area (TPSA) is 54.6 Å². The number of carbonyl (C=O) groups is 1. The quantitative estimate of drug-likeness (QED) is 0.828. The molecule has 2 aromatic heterocycles. The normalized spacial score (nSPS) is 10.5. The van der Waals surface area contributed by atoms with Gasteiger partial charge in [0, 0.05) is 6.20 Å². The fourth-order valence-corrected chi connectivity index (χ4v) is 1.54. The predicted octanol–water partition coefficient (Wildman–Crippen LogP) is 1.79. The zero-order valence-corrected chi connectivity index (χ0v) is 8.02. The van der Waals surface area contributed by atoms with E-state index in [4.69, 9.17) is 5.11 Å². The molecule has 0 aliphatic heterocycles. The van der Waals surface area contributed by atoms with Crippen molar-refractivity contribution in [1.29, 1.82) is 0 Å². The van der Waals surface area contributed by atoms with Gasteiger partial charge in [-0.2, -0.15) is 0 Å². The van der Waals surface area contributed by atoms with E-state index < -0.39 is 5.97 Å². The summed E-state index contributed by atoms with van der Waals surface area (Å²) >= 11 is 3.26. The molecular formula is C8H5BrN2O2. The summed E-state index contributed by atoms with van der Waals surface area (Å²) in [7, 11) is 0. The number of imidazole rings is 1. The third-order valence-electron chi connectivity index (χ3n) is 1.72. The predicted molar refractivity (Wildman–Crippen MR) is 49.9 cm³/mol. The molecule has 2 rings (SSSR count). The Morgan fingerprint density at radius 2 is 2.38 bits per heavy atom. The highest BCUT2D eigenvalue weighted by molar-refractivity contribution is 9.10. The molecule has 0 bridgehead atoms. The van der Waals surface area contributed by atoms with E-state index in [0.717, 1.165) is 4.60 Å². The van der Waals surface area contributed by atoms with Crippen molar-refractivity contribution in [1.82, 2.24) is 9.38 Å². The van der Waals surface area contributed by atoms with Gasteiger partial charge in [-0.3, -0.25) is 4.40 Å². The molecular weight excluding hydrogens is 236 g/mol. The Morgan fingerprint density at radius 3 is 3.08 bits per heavy atom. The average Bonchev–Trinajstić information content (AvgIpc) is 2.48. The van der Waals surface area contributed by atoms with Gasteiger partial charge in [0.25, 0.3) is 0 Å². The lowest BCUT2D eigenvalue weighted by Crippen LogP contribution is -2.00. The van der Waals surface area contributed by atoms with Crippen LogP contribution in [0.3, 0.4) is 0 Å². The van der Waals surface area contributed by atoms with Gasteiger partial charge in [0.05, 0.1) is 6.20 Å². The van der Waals surface area contributed by atoms with E-state index in [1.807, 2.05) is 0 Å². The zero-order chi connectivity index (χ0) is 9.42. The number of fused-ring (bicyclic) bond motifs is 1. The van der Waals surface area contributed by atoms with Crippen LogP contribution in [0.4, 0.5) is 0 Å². The van der Waals surface area contributed by atoms with Crippen LogP contribution in [0.2, 0.25) is 0 Å². The van der Waals surface area contributed by atoms with Gasteiger partial charge >= 0.3 is 5.97 Å². The first-order chi connectivity index (χ1) is 6.20. The number of pyridine rings is 1. The van der Waals surface area contributed by atoms with Crippen molar-refractivity contribution in [3.05, 3.63) is 34.7 Å². The van der Waals surface area contributed by atoms with Crippen LogP contribution in [0.1, 0.15) is 10.4 Å². The summed E-state index contributed by atoms with van der Waals surface area (Å²) in [5, 5.41) is 8.82. The number of halogens is 1. The third kappa shape index (κ3) is 1.21. The summed E-state index contributed by atoms with van der Waals surface area (Å²) in [6.45, 7) is 0. The van der Waals surface area contributed by atoms with Crippen molar-refractivity contribution >= 4 is 27.5 Å². The molecule has 5 heteroatoms. The average molecular weight is 241 g/mol. The van der Waals surface area contributed by atoms with Crippen molar-refractivity contribution in [2.75, 3.05) is 0 Å². The molecule has 4 nitrogen and oxygen atoms in total. The number of aromatic nitrogens is 2. The van der Waals surface area contributed by atoms with Gasteiger partial charge in [-0.05, 0) is 28.1 Å². The van der Waals surface area contributed by atoms with Gasteiger partial charge in [-0.15, -0.1) is 0 Å². The molecule has 0 aliphatic carbocycles. The molecule has 66 valence electrons. The number of carboxylic acids is 1. The molecule has 0 aliphatic rings. The Hall–Kier alpha value is -1.36. The SMILES string of the molecule is O=C(O)c1cccn2c(Br)cnc12. The second-order valence-corrected chi connectivity index (χ2v) is 3.31. The number of hydrogen-bond donors (Lipinski definition) is 1. The maximum absolute atomic E-state index is 10.8. The molecule has 0 fully saturated rings. The van der Waals surface area contributed by atoms with Crippen LogP contribution >= 0.6 is 15.9 Å². The minimum absolute atomic E-state index is 0.202. The van der Waals surface area contributed by atoms with Crippen molar-refractivity contribution in [2.24, 2.45) is 0 Å². The second kappa shape index (κ2) is 2.85. The summed E-state index contributed by atoms with van der Waals surface area (Å²) < 4.78 is 2.41. The maximum atomic E-state index is 10.8. The first kappa shape index (κ1) is 8.25. The van der Waals surface area contributed by atoms with Crippen LogP contribution in [0.25, 0.3) is 5.65 Å². The molecule has 0 radical (unpaired) electrons. The number of carboxylic acid groups (broad SMARTS) is 1. The monoisotopic (exact) mass is 240 g/mol. The molecule has 0 unspecified atom stereocenters. The fraction of sp³-hybridized carbons (Fsp3) is 0. The van der Waals surface area contributed by atoms with Gasteiger partial charge in [-0.25, -0.2) is 9.78 Å². The maximum Gasteiger partial charge on any atom is 0.339 e. The van der Waals surface area contributed by atoms with Gasteiger partial charge in [-0.1, -0.05) is 0 Å². The molecule has 13 heavy (non-hydrogen) atoms. The summed E-state index contributed by atoms with van der Waals surface area (Å²) in [6, 6.07) is 3.19. The molecule has 0 amide bonds. The van der Waals surface area contributed by atoms with Crippen LogP contribution in [-0.4, -0.2) is 20.5 Å². The number of hydrogen-bond acceptors (Lipinski definition) is 2. The van der Waals surface area contributed by atoms with Gasteiger partial charge < -0.3 is 5.11 Å². The Kier molecular flexibility index (Phi) is 1.81. The van der Waals surface area contributed by atoms with Crippen molar-refractivity contribution < 1.29 is 9.90 Å². The Morgan fingerprint density at radius 1 is 1.62 bits per heavy atom. The highest BCUT2D eigenvalue weighted by Crippen LogP contribution is 2.15. The van der Waals surface area contributed by atoms with Crippen LogP contribution < -0.4 is 0 Å². The summed E-state index contributed by atoms with van der Waals surface area (Å²) in [6.07, 6.45) is 3.32. The summed E-state index contributed by atoms with van der Waals surface area (Å²) in [4.78, 5) is 14.7. The van der Waals surface area contributed by atoms with E-state index in [0.29, 0.717) is 5.65 Å². The highest BCUT2D eigenvalue weighted by atomic mass is 79.9. The minimum atomic E-state index is -0.969. The molecule has 0 aromatic carbocycles. The number of aromatic carboxylic acids is 1. The Bertz CT molecular complexity index is 478. The van der Waals surface area contributed by atoms with Crippen molar-refractivity contribution in [2.45, 2.75) is 0 Å². The summed E-state index contributed by atoms with van der Waals surface area (Å²) in [5.41, 5.74) is 0.648. The second-order valence-electron chi connectivity index (χ2n) is 2.50. The molecule has 0 saturated carbocycles. The number of rotatable bonds is 1. The van der Waals surface area contributed by atoms with Crippen LogP contribution in [0.15, 0.2) is 29.1 Å². The van der Waals surface area contributed by atoms with Crippen molar-refractivity contribution in [3.63, 3.8) is 0 Å². The first-order valence-electron chi connectivity index (χ1n) is 3.55. The first-order valence-corrected chi connectivity index (χ1v) is 4.34. The van der Waals surface area contributed by atoms with Crippen LogP contribution in [-0.2, 0) is 0 Å². The molecule has 2 heterocycles. The largest absolute Gasteiger partial charge is 0.478 e. The van der Waals surface area contributed by atoms with Gasteiger partial charge in [0.2, 0.25) is 0 Å². The fourth-order valence-electron chi connectivity index (χ4n) is 1.15. The lowest BCUT2D eigenvalue weighted by molar-refractivity contribution is 0.0698. The summed E-state index contributed by atoms with van der Waals surface area (Å²) in [5.74, 6) is -0.969. The van der Waals surface area contributed by atoms with E-state index >= 15 is 0 Å². The van der Waals surface area contributed by atoms with Crippen LogP contribution in [0.5, 0.6) is 0 Å². The molecule has 0 atom stereocenters. The molecule has 1 N–H and O–H groups in total. The Labute approximate surface area is 82.0 Å². The zero-order valence-electron chi connectivity index (χ0n) is 6.44. The van der Waals surface area contributed by atoms with Crippen LogP contribution in [0, 0.1) is 0 Å².